The maximum absolute atomic E-state index is 12.7. The van der Waals surface area contributed by atoms with E-state index in [9.17, 15) is 9.90 Å². The van der Waals surface area contributed by atoms with Crippen molar-refractivity contribution in [2.45, 2.75) is 88.7 Å². The highest BCUT2D eigenvalue weighted by atomic mass is 35.5. The zero-order valence-corrected chi connectivity index (χ0v) is 24.2. The molecule has 0 bridgehead atoms. The highest BCUT2D eigenvalue weighted by Gasteiger charge is 2.54. The van der Waals surface area contributed by atoms with Crippen molar-refractivity contribution in [3.8, 4) is 5.75 Å². The third-order valence-corrected chi connectivity index (χ3v) is 10.4. The number of nitrogens with zero attached hydrogens (tertiary/aromatic N) is 1. The van der Waals surface area contributed by atoms with Crippen molar-refractivity contribution in [2.75, 3.05) is 5.32 Å². The van der Waals surface area contributed by atoms with E-state index in [1.807, 2.05) is 36.5 Å². The van der Waals surface area contributed by atoms with Crippen molar-refractivity contribution in [2.24, 2.45) is 11.8 Å². The van der Waals surface area contributed by atoms with Crippen LogP contribution in [0.5, 0.6) is 5.75 Å². The van der Waals surface area contributed by atoms with Crippen molar-refractivity contribution in [3.63, 3.8) is 0 Å². The molecule has 5 nitrogen and oxygen atoms in total. The molecule has 1 heterocycles. The number of fused-ring (bicyclic) bond motifs is 3. The Morgan fingerprint density at radius 3 is 2.67 bits per heavy atom. The monoisotopic (exact) mass is 558 g/mol. The Morgan fingerprint density at radius 2 is 1.90 bits per heavy atom. The third-order valence-electron chi connectivity index (χ3n) is 10.1. The first-order valence-corrected chi connectivity index (χ1v) is 15.2. The number of hydrogen-bond donors (Lipinski definition) is 2. The molecule has 3 unspecified atom stereocenters. The average molecular weight is 559 g/mol. The second-order valence-electron chi connectivity index (χ2n) is 12.4. The normalized spacial score (nSPS) is 26.6. The number of benzene rings is 2. The van der Waals surface area contributed by atoms with Crippen LogP contribution in [-0.2, 0) is 29.5 Å². The predicted octanol–water partition coefficient (Wildman–Crippen LogP) is 7.64. The van der Waals surface area contributed by atoms with E-state index in [4.69, 9.17) is 16.3 Å². The first kappa shape index (κ1) is 27.1. The van der Waals surface area contributed by atoms with Crippen LogP contribution in [0.4, 0.5) is 5.69 Å². The van der Waals surface area contributed by atoms with Gasteiger partial charge in [-0.15, -0.1) is 0 Å². The molecule has 3 aliphatic rings. The van der Waals surface area contributed by atoms with E-state index in [1.54, 1.807) is 0 Å². The Kier molecular flexibility index (Phi) is 7.28. The number of nitrogens with one attached hydrogen (secondary N) is 1. The molecular weight excluding hydrogens is 520 g/mol. The molecule has 6 rings (SSSR count). The van der Waals surface area contributed by atoms with Gasteiger partial charge in [-0.2, -0.15) is 0 Å². The number of aryl methyl sites for hydroxylation is 1. The van der Waals surface area contributed by atoms with Gasteiger partial charge in [-0.05, 0) is 117 Å². The molecule has 1 saturated carbocycles. The van der Waals surface area contributed by atoms with E-state index in [0.717, 1.165) is 56.4 Å². The highest BCUT2D eigenvalue weighted by molar-refractivity contribution is 6.30. The van der Waals surface area contributed by atoms with E-state index in [0.29, 0.717) is 29.7 Å². The number of rotatable bonds is 8. The highest BCUT2D eigenvalue weighted by Crippen LogP contribution is 2.56. The minimum absolute atomic E-state index is 0.0164. The minimum Gasteiger partial charge on any atom is -0.490 e. The Bertz CT molecular complexity index is 1400. The Labute approximate surface area is 242 Å². The molecule has 0 amide bonds. The lowest BCUT2D eigenvalue weighted by atomic mass is 9.59. The number of aromatic nitrogens is 1. The van der Waals surface area contributed by atoms with Crippen LogP contribution in [0.2, 0.25) is 5.02 Å². The summed E-state index contributed by atoms with van der Waals surface area (Å²) in [7, 11) is 0. The number of aliphatic carboxylic acids is 1. The van der Waals surface area contributed by atoms with Gasteiger partial charge in [-0.3, -0.25) is 4.98 Å². The van der Waals surface area contributed by atoms with Crippen LogP contribution in [0.15, 0.2) is 60.8 Å². The number of halogens is 1. The maximum Gasteiger partial charge on any atom is 0.329 e. The standard InChI is InChI=1S/C34H39ClN2O3/c1-22(23(2)40-31-13-18-36-30-12-6-10-28(30)31)19-25-20-24-7-3-4-11-29(24)33(25)14-16-34(17-15-33,32(38)39)37-27-9-5-8-26(35)21-27/h3-5,7-9,11,13,18,21-23,25,37H,6,10,12,14-17,19-20H2,1-2H3,(H,38,39). The van der Waals surface area contributed by atoms with Gasteiger partial charge in [0.25, 0.3) is 0 Å². The summed E-state index contributed by atoms with van der Waals surface area (Å²) in [5, 5.41) is 14.4. The predicted molar refractivity (Wildman–Crippen MR) is 159 cm³/mol. The van der Waals surface area contributed by atoms with Crippen LogP contribution in [0, 0.1) is 11.8 Å². The van der Waals surface area contributed by atoms with Gasteiger partial charge in [0.05, 0.1) is 6.10 Å². The summed E-state index contributed by atoms with van der Waals surface area (Å²) in [5.74, 6) is 1.02. The Balaban J connectivity index is 1.22. The number of carboxylic acids is 1. The zero-order valence-electron chi connectivity index (χ0n) is 23.5. The van der Waals surface area contributed by atoms with Gasteiger partial charge in [0, 0.05) is 28.2 Å². The fraction of sp³-hybridized carbons (Fsp3) is 0.471. The fourth-order valence-electron chi connectivity index (χ4n) is 7.71. The molecule has 0 saturated heterocycles. The maximum atomic E-state index is 12.7. The van der Waals surface area contributed by atoms with Gasteiger partial charge in [0.15, 0.2) is 0 Å². The molecule has 210 valence electrons. The topological polar surface area (TPSA) is 71.5 Å². The van der Waals surface area contributed by atoms with Crippen LogP contribution in [-0.4, -0.2) is 27.7 Å². The van der Waals surface area contributed by atoms with Crippen molar-refractivity contribution in [3.05, 3.63) is 88.2 Å². The summed E-state index contributed by atoms with van der Waals surface area (Å²) in [6.07, 6.45) is 10.1. The third kappa shape index (κ3) is 4.87. The first-order chi connectivity index (χ1) is 19.3. The summed E-state index contributed by atoms with van der Waals surface area (Å²) < 4.78 is 6.58. The van der Waals surface area contributed by atoms with Crippen molar-refractivity contribution in [1.29, 1.82) is 0 Å². The zero-order chi connectivity index (χ0) is 27.9. The molecule has 3 aliphatic carbocycles. The minimum atomic E-state index is -0.998. The number of ether oxygens (including phenoxy) is 1. The first-order valence-electron chi connectivity index (χ1n) is 14.8. The van der Waals surface area contributed by atoms with Crippen LogP contribution < -0.4 is 10.1 Å². The van der Waals surface area contributed by atoms with Gasteiger partial charge >= 0.3 is 5.97 Å². The molecule has 40 heavy (non-hydrogen) atoms. The Morgan fingerprint density at radius 1 is 1.10 bits per heavy atom. The number of pyridine rings is 1. The average Bonchev–Trinajstić information content (AvgIpc) is 3.54. The summed E-state index contributed by atoms with van der Waals surface area (Å²) >= 11 is 6.21. The number of carbonyl (C=O) groups is 1. The molecule has 0 radical (unpaired) electrons. The number of carboxylic acid groups (broad SMARTS) is 1. The van der Waals surface area contributed by atoms with Crippen molar-refractivity contribution in [1.82, 2.24) is 4.98 Å². The molecule has 1 fully saturated rings. The summed E-state index contributed by atoms with van der Waals surface area (Å²) in [5.41, 5.74) is 5.07. The van der Waals surface area contributed by atoms with Crippen molar-refractivity contribution >= 4 is 23.3 Å². The van der Waals surface area contributed by atoms with Crippen LogP contribution >= 0.6 is 11.6 Å². The Hall–Kier alpha value is -3.05. The van der Waals surface area contributed by atoms with E-state index < -0.39 is 11.5 Å². The van der Waals surface area contributed by atoms with E-state index in [-0.39, 0.29) is 11.5 Å². The van der Waals surface area contributed by atoms with Gasteiger partial charge in [0.2, 0.25) is 0 Å². The van der Waals surface area contributed by atoms with E-state index in [2.05, 4.69) is 48.4 Å². The molecule has 0 aliphatic heterocycles. The largest absolute Gasteiger partial charge is 0.490 e. The summed E-state index contributed by atoms with van der Waals surface area (Å²) in [6.45, 7) is 4.51. The van der Waals surface area contributed by atoms with Gasteiger partial charge in [-0.1, -0.05) is 48.9 Å². The molecule has 1 aromatic heterocycles. The lowest BCUT2D eigenvalue weighted by Gasteiger charge is -2.47. The fourth-order valence-corrected chi connectivity index (χ4v) is 7.90. The van der Waals surface area contributed by atoms with Crippen LogP contribution in [0.25, 0.3) is 0 Å². The summed E-state index contributed by atoms with van der Waals surface area (Å²) in [4.78, 5) is 17.3. The molecule has 2 N–H and O–H groups in total. The van der Waals surface area contributed by atoms with Gasteiger partial charge in [0.1, 0.15) is 11.3 Å². The quantitative estimate of drug-likeness (QED) is 0.297. The van der Waals surface area contributed by atoms with Crippen molar-refractivity contribution < 1.29 is 14.6 Å². The van der Waals surface area contributed by atoms with Gasteiger partial charge in [-0.25, -0.2) is 4.79 Å². The SMILES string of the molecule is CC(CC1Cc2ccccc2C12CCC(Nc1cccc(Cl)c1)(C(=O)O)CC2)C(C)Oc1ccnc2c1CCC2. The molecule has 3 aromatic rings. The molecule has 1 spiro atoms. The molecular formula is C34H39ClN2O3. The van der Waals surface area contributed by atoms with Crippen LogP contribution in [0.3, 0.4) is 0 Å². The lowest BCUT2D eigenvalue weighted by molar-refractivity contribution is -0.144. The second-order valence-corrected chi connectivity index (χ2v) is 12.8. The lowest BCUT2D eigenvalue weighted by Crippen LogP contribution is -2.53. The molecule has 2 aromatic carbocycles. The van der Waals surface area contributed by atoms with Gasteiger partial charge < -0.3 is 15.2 Å². The van der Waals surface area contributed by atoms with Crippen LogP contribution in [0.1, 0.15) is 74.8 Å². The smallest absolute Gasteiger partial charge is 0.329 e. The van der Waals surface area contributed by atoms with E-state index >= 15 is 0 Å². The number of hydrogen-bond acceptors (Lipinski definition) is 4. The second kappa shape index (κ2) is 10.7. The van der Waals surface area contributed by atoms with E-state index in [1.165, 1.54) is 22.4 Å². The molecule has 3 atom stereocenters. The number of anilines is 1. The molecule has 6 heteroatoms. The summed E-state index contributed by atoms with van der Waals surface area (Å²) in [6, 6.07) is 18.2.